The van der Waals surface area contributed by atoms with Crippen molar-refractivity contribution in [1.82, 2.24) is 0 Å². The van der Waals surface area contributed by atoms with E-state index in [1.807, 2.05) is 38.2 Å². The zero-order valence-electron chi connectivity index (χ0n) is 16.3. The van der Waals surface area contributed by atoms with Crippen LogP contribution in [0, 0.1) is 11.3 Å². The first-order chi connectivity index (χ1) is 11.5. The molecule has 1 aliphatic carbocycles. The van der Waals surface area contributed by atoms with Crippen LogP contribution in [0.4, 0.5) is 0 Å². The lowest BCUT2D eigenvalue weighted by molar-refractivity contribution is -0.142. The predicted molar refractivity (Wildman–Crippen MR) is 103 cm³/mol. The molecule has 2 nitrogen and oxygen atoms in total. The van der Waals surface area contributed by atoms with Crippen molar-refractivity contribution >= 4 is 5.78 Å². The second-order valence-electron chi connectivity index (χ2n) is 7.55. The maximum absolute atomic E-state index is 12.9. The van der Waals surface area contributed by atoms with Gasteiger partial charge in [-0.15, -0.1) is 0 Å². The molecule has 2 heteroatoms. The SMILES string of the molecule is CCCCCCCCC(CCC)C1(C(=O)CC)C=CC=CC1(C)O. The minimum atomic E-state index is -1.09. The molecule has 1 N–H and O–H groups in total. The molecule has 0 fully saturated rings. The molecule has 0 saturated carbocycles. The van der Waals surface area contributed by atoms with Crippen molar-refractivity contribution in [2.45, 2.75) is 97.5 Å². The number of Topliss-reactive ketones (excluding diaryl/α,β-unsaturated/α-hetero) is 1. The van der Waals surface area contributed by atoms with Gasteiger partial charge in [0, 0.05) is 6.42 Å². The van der Waals surface area contributed by atoms with E-state index in [1.165, 1.54) is 32.1 Å². The van der Waals surface area contributed by atoms with Gasteiger partial charge in [-0.05, 0) is 25.7 Å². The fourth-order valence-electron chi connectivity index (χ4n) is 4.32. The third kappa shape index (κ3) is 4.81. The molecule has 0 aromatic heterocycles. The first-order valence-electron chi connectivity index (χ1n) is 10.1. The van der Waals surface area contributed by atoms with Crippen LogP contribution in [0.25, 0.3) is 0 Å². The topological polar surface area (TPSA) is 37.3 Å². The zero-order chi connectivity index (χ0) is 18.1. The third-order valence-corrected chi connectivity index (χ3v) is 5.70. The first kappa shape index (κ1) is 21.2. The van der Waals surface area contributed by atoms with Gasteiger partial charge in [0.15, 0.2) is 0 Å². The Balaban J connectivity index is 2.89. The molecule has 3 atom stereocenters. The van der Waals surface area contributed by atoms with E-state index in [0.29, 0.717) is 6.42 Å². The average molecular weight is 335 g/mol. The van der Waals surface area contributed by atoms with Crippen molar-refractivity contribution in [1.29, 1.82) is 0 Å². The molecule has 0 radical (unpaired) electrons. The summed E-state index contributed by atoms with van der Waals surface area (Å²) < 4.78 is 0. The summed E-state index contributed by atoms with van der Waals surface area (Å²) in [6.45, 7) is 8.14. The number of hydrogen-bond acceptors (Lipinski definition) is 2. The number of allylic oxidation sites excluding steroid dienone is 2. The Morgan fingerprint density at radius 2 is 1.54 bits per heavy atom. The van der Waals surface area contributed by atoms with Crippen molar-refractivity contribution in [2.24, 2.45) is 11.3 Å². The average Bonchev–Trinajstić information content (AvgIpc) is 2.56. The highest BCUT2D eigenvalue weighted by atomic mass is 16.3. The highest BCUT2D eigenvalue weighted by molar-refractivity contribution is 5.89. The van der Waals surface area contributed by atoms with Crippen LogP contribution in [0.2, 0.25) is 0 Å². The van der Waals surface area contributed by atoms with Crippen molar-refractivity contribution in [2.75, 3.05) is 0 Å². The Bertz CT molecular complexity index is 433. The summed E-state index contributed by atoms with van der Waals surface area (Å²) in [5.41, 5.74) is -1.84. The smallest absolute Gasteiger partial charge is 0.146 e. The van der Waals surface area contributed by atoms with E-state index < -0.39 is 11.0 Å². The molecule has 0 heterocycles. The van der Waals surface area contributed by atoms with Gasteiger partial charge in [-0.3, -0.25) is 4.79 Å². The second kappa shape index (κ2) is 10.2. The molecule has 0 aliphatic heterocycles. The van der Waals surface area contributed by atoms with Crippen molar-refractivity contribution in [3.05, 3.63) is 24.3 Å². The number of unbranched alkanes of at least 4 members (excludes halogenated alkanes) is 5. The minimum Gasteiger partial charge on any atom is -0.385 e. The highest BCUT2D eigenvalue weighted by Gasteiger charge is 2.53. The molecule has 138 valence electrons. The van der Waals surface area contributed by atoms with Crippen LogP contribution in [-0.2, 0) is 4.79 Å². The summed E-state index contributed by atoms with van der Waals surface area (Å²) in [5, 5.41) is 11.1. The molecule has 0 saturated heterocycles. The highest BCUT2D eigenvalue weighted by Crippen LogP contribution is 2.48. The Kier molecular flexibility index (Phi) is 8.97. The summed E-state index contributed by atoms with van der Waals surface area (Å²) in [6.07, 6.45) is 18.8. The molecular formula is C22H38O2. The molecule has 24 heavy (non-hydrogen) atoms. The van der Waals surface area contributed by atoms with Gasteiger partial charge in [-0.1, -0.05) is 90.0 Å². The van der Waals surface area contributed by atoms with Crippen molar-refractivity contribution < 1.29 is 9.90 Å². The van der Waals surface area contributed by atoms with Gasteiger partial charge in [0.05, 0.1) is 11.0 Å². The van der Waals surface area contributed by atoms with E-state index in [0.717, 1.165) is 25.7 Å². The normalized spacial score (nSPS) is 27.4. The van der Waals surface area contributed by atoms with Crippen LogP contribution in [-0.4, -0.2) is 16.5 Å². The minimum absolute atomic E-state index is 0.178. The van der Waals surface area contributed by atoms with Gasteiger partial charge in [-0.2, -0.15) is 0 Å². The fourth-order valence-corrected chi connectivity index (χ4v) is 4.32. The first-order valence-corrected chi connectivity index (χ1v) is 10.1. The maximum Gasteiger partial charge on any atom is 0.146 e. The van der Waals surface area contributed by atoms with Crippen LogP contribution in [0.15, 0.2) is 24.3 Å². The van der Waals surface area contributed by atoms with Crippen LogP contribution in [0.5, 0.6) is 0 Å². The van der Waals surface area contributed by atoms with Crippen molar-refractivity contribution in [3.63, 3.8) is 0 Å². The Labute approximate surface area is 149 Å². The van der Waals surface area contributed by atoms with Crippen LogP contribution in [0.3, 0.4) is 0 Å². The molecule has 0 spiro atoms. The second-order valence-corrected chi connectivity index (χ2v) is 7.55. The number of carbonyl (C=O) groups excluding carboxylic acids is 1. The van der Waals surface area contributed by atoms with E-state index in [9.17, 15) is 9.90 Å². The monoisotopic (exact) mass is 334 g/mol. The van der Waals surface area contributed by atoms with Gasteiger partial charge in [0.2, 0.25) is 0 Å². The van der Waals surface area contributed by atoms with Gasteiger partial charge < -0.3 is 5.11 Å². The number of rotatable bonds is 12. The van der Waals surface area contributed by atoms with Gasteiger partial charge >= 0.3 is 0 Å². The van der Waals surface area contributed by atoms with Gasteiger partial charge in [0.1, 0.15) is 5.78 Å². The Hall–Kier alpha value is -0.890. The number of carbonyl (C=O) groups is 1. The van der Waals surface area contributed by atoms with E-state index >= 15 is 0 Å². The molecule has 0 aromatic carbocycles. The molecule has 0 aromatic rings. The van der Waals surface area contributed by atoms with E-state index in [1.54, 1.807) is 0 Å². The molecule has 3 unspecified atom stereocenters. The Morgan fingerprint density at radius 1 is 0.917 bits per heavy atom. The molecule has 1 rings (SSSR count). The largest absolute Gasteiger partial charge is 0.385 e. The molecule has 0 amide bonds. The van der Waals surface area contributed by atoms with Crippen molar-refractivity contribution in [3.8, 4) is 0 Å². The summed E-state index contributed by atoms with van der Waals surface area (Å²) in [4.78, 5) is 12.9. The number of ketones is 1. The van der Waals surface area contributed by atoms with E-state index in [4.69, 9.17) is 0 Å². The summed E-state index contributed by atoms with van der Waals surface area (Å²) in [6, 6.07) is 0. The van der Waals surface area contributed by atoms with Crippen LogP contribution < -0.4 is 0 Å². The zero-order valence-corrected chi connectivity index (χ0v) is 16.3. The van der Waals surface area contributed by atoms with Crippen LogP contribution >= 0.6 is 0 Å². The Morgan fingerprint density at radius 3 is 2.12 bits per heavy atom. The number of hydrogen-bond donors (Lipinski definition) is 1. The number of aliphatic hydroxyl groups is 1. The molecule has 1 aliphatic rings. The third-order valence-electron chi connectivity index (χ3n) is 5.70. The van der Waals surface area contributed by atoms with Gasteiger partial charge in [0.25, 0.3) is 0 Å². The summed E-state index contributed by atoms with van der Waals surface area (Å²) >= 11 is 0. The summed E-state index contributed by atoms with van der Waals surface area (Å²) in [7, 11) is 0. The standard InChI is InChI=1S/C22H38O2/c1-5-8-9-10-11-12-16-19(15-6-2)22(20(23)7-3)18-14-13-17-21(22,4)24/h13-14,17-19,24H,5-12,15-16H2,1-4H3. The summed E-state index contributed by atoms with van der Waals surface area (Å²) in [5.74, 6) is 0.398. The predicted octanol–water partition coefficient (Wildman–Crippen LogP) is 6.00. The maximum atomic E-state index is 12.9. The lowest BCUT2D eigenvalue weighted by Crippen LogP contribution is -2.54. The van der Waals surface area contributed by atoms with E-state index in [2.05, 4.69) is 13.8 Å². The fraction of sp³-hybridized carbons (Fsp3) is 0.773. The van der Waals surface area contributed by atoms with E-state index in [-0.39, 0.29) is 11.7 Å². The quantitative estimate of drug-likeness (QED) is 0.445. The molecule has 0 bridgehead atoms. The lowest BCUT2D eigenvalue weighted by atomic mass is 9.57. The van der Waals surface area contributed by atoms with Gasteiger partial charge in [-0.25, -0.2) is 0 Å². The van der Waals surface area contributed by atoms with Crippen LogP contribution in [0.1, 0.15) is 91.9 Å². The molecular weight excluding hydrogens is 296 g/mol. The lowest BCUT2D eigenvalue weighted by Gasteiger charge is -2.47.